The Balaban J connectivity index is 2.92. The van der Waals surface area contributed by atoms with Crippen molar-refractivity contribution in [1.82, 2.24) is 4.98 Å². The van der Waals surface area contributed by atoms with Gasteiger partial charge in [-0.25, -0.2) is 0 Å². The maximum atomic E-state index is 12.5. The number of alkyl halides is 3. The predicted molar refractivity (Wildman–Crippen MR) is 70.0 cm³/mol. The second kappa shape index (κ2) is 6.23. The van der Waals surface area contributed by atoms with Crippen LogP contribution in [0.2, 0.25) is 0 Å². The molecule has 1 heterocycles. The van der Waals surface area contributed by atoms with Crippen molar-refractivity contribution in [1.29, 1.82) is 0 Å². The van der Waals surface area contributed by atoms with Crippen LogP contribution in [0.1, 0.15) is 38.9 Å². The molecular weight excluding hydrogens is 255 g/mol. The van der Waals surface area contributed by atoms with E-state index < -0.39 is 12.7 Å². The molecule has 1 rings (SSSR count). The van der Waals surface area contributed by atoms with E-state index in [1.165, 1.54) is 11.1 Å². The van der Waals surface area contributed by atoms with Crippen LogP contribution in [-0.4, -0.2) is 23.7 Å². The average Bonchev–Trinajstić information content (AvgIpc) is 2.34. The summed E-state index contributed by atoms with van der Waals surface area (Å²) in [6.45, 7) is 4.39. The molecule has 108 valence electrons. The normalized spacial score (nSPS) is 13.7. The molecule has 3 nitrogen and oxygen atoms in total. The summed E-state index contributed by atoms with van der Waals surface area (Å²) in [5, 5.41) is 0. The molecule has 0 saturated heterocycles. The van der Waals surface area contributed by atoms with Crippen molar-refractivity contribution in [2.45, 2.75) is 45.5 Å². The first-order valence-corrected chi connectivity index (χ1v) is 6.29. The lowest BCUT2D eigenvalue weighted by Crippen LogP contribution is -2.39. The number of nitrogens with zero attached hydrogens (tertiary/aromatic N) is 2. The smallest absolute Gasteiger partial charge is 0.359 e. The molecule has 6 heteroatoms. The summed E-state index contributed by atoms with van der Waals surface area (Å²) in [4.78, 5) is 5.42. The van der Waals surface area contributed by atoms with E-state index in [0.29, 0.717) is 11.4 Å². The van der Waals surface area contributed by atoms with Crippen LogP contribution in [0, 0.1) is 0 Å². The number of pyridine rings is 1. The van der Waals surface area contributed by atoms with Crippen molar-refractivity contribution in [3.8, 4) is 0 Å². The molecular formula is C13H20F3N3. The molecule has 0 spiro atoms. The third kappa shape index (κ3) is 4.70. The highest BCUT2D eigenvalue weighted by Gasteiger charge is 2.32. The Labute approximate surface area is 111 Å². The fourth-order valence-electron chi connectivity index (χ4n) is 1.76. The molecule has 0 saturated carbocycles. The van der Waals surface area contributed by atoms with E-state index in [1.807, 2.05) is 6.92 Å². The predicted octanol–water partition coefficient (Wildman–Crippen LogP) is 3.27. The first kappa shape index (κ1) is 15.8. The maximum absolute atomic E-state index is 12.5. The average molecular weight is 275 g/mol. The van der Waals surface area contributed by atoms with Gasteiger partial charge in [-0.1, -0.05) is 6.92 Å². The number of rotatable bonds is 5. The molecule has 0 radical (unpaired) electrons. The molecule has 0 aliphatic carbocycles. The van der Waals surface area contributed by atoms with Crippen molar-refractivity contribution in [2.75, 3.05) is 11.4 Å². The molecule has 0 unspecified atom stereocenters. The van der Waals surface area contributed by atoms with Gasteiger partial charge in [-0.3, -0.25) is 4.98 Å². The van der Waals surface area contributed by atoms with E-state index in [0.717, 1.165) is 6.42 Å². The summed E-state index contributed by atoms with van der Waals surface area (Å²) in [5.41, 5.74) is 6.98. The quantitative estimate of drug-likeness (QED) is 0.896. The molecule has 0 amide bonds. The van der Waals surface area contributed by atoms with Gasteiger partial charge in [0.1, 0.15) is 6.54 Å². The zero-order valence-electron chi connectivity index (χ0n) is 11.4. The summed E-state index contributed by atoms with van der Waals surface area (Å²) >= 11 is 0. The Morgan fingerprint density at radius 1 is 1.32 bits per heavy atom. The Bertz CT molecular complexity index is 387. The second-order valence-corrected chi connectivity index (χ2v) is 4.79. The van der Waals surface area contributed by atoms with Crippen molar-refractivity contribution < 1.29 is 13.2 Å². The molecule has 19 heavy (non-hydrogen) atoms. The number of hydrogen-bond acceptors (Lipinski definition) is 3. The molecule has 0 aliphatic rings. The standard InChI is InChI=1S/C13H20F3N3/c1-4-11(17)12-6-5-10(7-18-12)19(9(2)3)8-13(14,15)16/h5-7,9,11H,4,8,17H2,1-3H3/t11-/m0/s1. The van der Waals surface area contributed by atoms with Gasteiger partial charge < -0.3 is 10.6 Å². The van der Waals surface area contributed by atoms with Crippen LogP contribution in [0.3, 0.4) is 0 Å². The molecule has 0 bridgehead atoms. The zero-order chi connectivity index (χ0) is 14.6. The van der Waals surface area contributed by atoms with Gasteiger partial charge in [0.05, 0.1) is 17.6 Å². The molecule has 1 aromatic heterocycles. The van der Waals surface area contributed by atoms with Crippen molar-refractivity contribution in [2.24, 2.45) is 5.73 Å². The highest BCUT2D eigenvalue weighted by Crippen LogP contribution is 2.24. The number of hydrogen-bond donors (Lipinski definition) is 1. The molecule has 0 fully saturated rings. The molecule has 1 atom stereocenters. The van der Waals surface area contributed by atoms with Crippen LogP contribution >= 0.6 is 0 Å². The van der Waals surface area contributed by atoms with Crippen molar-refractivity contribution in [3.63, 3.8) is 0 Å². The second-order valence-electron chi connectivity index (χ2n) is 4.79. The van der Waals surface area contributed by atoms with E-state index in [2.05, 4.69) is 4.98 Å². The Morgan fingerprint density at radius 2 is 1.95 bits per heavy atom. The number of halogens is 3. The lowest BCUT2D eigenvalue weighted by Gasteiger charge is -2.29. The lowest BCUT2D eigenvalue weighted by atomic mass is 10.1. The van der Waals surface area contributed by atoms with E-state index in [4.69, 9.17) is 5.73 Å². The Hall–Kier alpha value is -1.30. The highest BCUT2D eigenvalue weighted by atomic mass is 19.4. The van der Waals surface area contributed by atoms with Crippen LogP contribution in [-0.2, 0) is 0 Å². The van der Waals surface area contributed by atoms with Crippen molar-refractivity contribution in [3.05, 3.63) is 24.0 Å². The zero-order valence-corrected chi connectivity index (χ0v) is 11.4. The molecule has 0 aromatic carbocycles. The summed E-state index contributed by atoms with van der Waals surface area (Å²) in [5.74, 6) is 0. The van der Waals surface area contributed by atoms with Crippen LogP contribution < -0.4 is 10.6 Å². The fourth-order valence-corrected chi connectivity index (χ4v) is 1.76. The molecule has 2 N–H and O–H groups in total. The minimum absolute atomic E-state index is 0.177. The number of anilines is 1. The van der Waals surface area contributed by atoms with Crippen LogP contribution in [0.25, 0.3) is 0 Å². The van der Waals surface area contributed by atoms with Gasteiger partial charge in [0, 0.05) is 12.1 Å². The lowest BCUT2D eigenvalue weighted by molar-refractivity contribution is -0.120. The summed E-state index contributed by atoms with van der Waals surface area (Å²) < 4.78 is 37.6. The van der Waals surface area contributed by atoms with Gasteiger partial charge in [0.2, 0.25) is 0 Å². The summed E-state index contributed by atoms with van der Waals surface area (Å²) in [6.07, 6.45) is -2.04. The largest absolute Gasteiger partial charge is 0.405 e. The first-order chi connectivity index (χ1) is 8.74. The van der Waals surface area contributed by atoms with Gasteiger partial charge in [-0.15, -0.1) is 0 Å². The molecule has 0 aliphatic heterocycles. The van der Waals surface area contributed by atoms with Gasteiger partial charge in [0.15, 0.2) is 0 Å². The van der Waals surface area contributed by atoms with E-state index in [1.54, 1.807) is 26.0 Å². The third-order valence-corrected chi connectivity index (χ3v) is 2.90. The van der Waals surface area contributed by atoms with E-state index in [-0.39, 0.29) is 12.1 Å². The van der Waals surface area contributed by atoms with Gasteiger partial charge in [-0.05, 0) is 32.4 Å². The minimum Gasteiger partial charge on any atom is -0.359 e. The van der Waals surface area contributed by atoms with Crippen molar-refractivity contribution >= 4 is 5.69 Å². The Kier molecular flexibility index (Phi) is 5.17. The number of aromatic nitrogens is 1. The SMILES string of the molecule is CC[C@H](N)c1ccc(N(CC(F)(F)F)C(C)C)cn1. The maximum Gasteiger partial charge on any atom is 0.405 e. The van der Waals surface area contributed by atoms with E-state index in [9.17, 15) is 13.2 Å². The van der Waals surface area contributed by atoms with Crippen LogP contribution in [0.4, 0.5) is 18.9 Å². The minimum atomic E-state index is -4.23. The fraction of sp³-hybridized carbons (Fsp3) is 0.615. The first-order valence-electron chi connectivity index (χ1n) is 6.29. The topological polar surface area (TPSA) is 42.1 Å². The molecule has 1 aromatic rings. The monoisotopic (exact) mass is 275 g/mol. The van der Waals surface area contributed by atoms with Gasteiger partial charge in [-0.2, -0.15) is 13.2 Å². The third-order valence-electron chi connectivity index (χ3n) is 2.90. The number of nitrogens with two attached hydrogens (primary N) is 1. The Morgan fingerprint density at radius 3 is 2.32 bits per heavy atom. The van der Waals surface area contributed by atoms with Crippen LogP contribution in [0.15, 0.2) is 18.3 Å². The van der Waals surface area contributed by atoms with Gasteiger partial charge in [0.25, 0.3) is 0 Å². The summed E-state index contributed by atoms with van der Waals surface area (Å²) in [6, 6.07) is 2.90. The van der Waals surface area contributed by atoms with E-state index >= 15 is 0 Å². The van der Waals surface area contributed by atoms with Gasteiger partial charge >= 0.3 is 6.18 Å². The summed E-state index contributed by atoms with van der Waals surface area (Å²) in [7, 11) is 0. The van der Waals surface area contributed by atoms with Crippen LogP contribution in [0.5, 0.6) is 0 Å². The highest BCUT2D eigenvalue weighted by molar-refractivity contribution is 5.46.